The van der Waals surface area contributed by atoms with E-state index >= 15 is 0 Å². The van der Waals surface area contributed by atoms with Gasteiger partial charge in [-0.2, -0.15) is 0 Å². The van der Waals surface area contributed by atoms with Crippen LogP contribution >= 0.6 is 11.3 Å². The van der Waals surface area contributed by atoms with Crippen LogP contribution in [0.5, 0.6) is 0 Å². The van der Waals surface area contributed by atoms with E-state index in [0.717, 1.165) is 26.1 Å². The number of hydrogen-bond acceptors (Lipinski definition) is 3. The van der Waals surface area contributed by atoms with Gasteiger partial charge < -0.3 is 10.1 Å². The third kappa shape index (κ3) is 4.41. The van der Waals surface area contributed by atoms with Crippen molar-refractivity contribution in [1.29, 1.82) is 0 Å². The van der Waals surface area contributed by atoms with E-state index in [0.29, 0.717) is 6.10 Å². The van der Waals surface area contributed by atoms with Gasteiger partial charge in [-0.25, -0.2) is 0 Å². The van der Waals surface area contributed by atoms with E-state index in [-0.39, 0.29) is 0 Å². The molecular weight excluding hydrogens is 230 g/mol. The van der Waals surface area contributed by atoms with Gasteiger partial charge in [0.1, 0.15) is 0 Å². The standard InChI is InChI=1S/C14H23NOS/c1-2-13-7-8-14(17-13)11-15-9-3-5-12-6-4-10-16-12/h7-8,12,15H,2-6,9-11H2,1H3. The van der Waals surface area contributed by atoms with Crippen LogP contribution in [0.25, 0.3) is 0 Å². The average Bonchev–Trinajstić information content (AvgIpc) is 2.99. The Bertz CT molecular complexity index is 318. The first-order valence-corrected chi connectivity index (χ1v) is 7.60. The molecular formula is C14H23NOS. The van der Waals surface area contributed by atoms with Crippen LogP contribution in [0, 0.1) is 0 Å². The van der Waals surface area contributed by atoms with Gasteiger partial charge >= 0.3 is 0 Å². The molecule has 2 heterocycles. The molecule has 0 aliphatic carbocycles. The van der Waals surface area contributed by atoms with Crippen LogP contribution < -0.4 is 5.32 Å². The summed E-state index contributed by atoms with van der Waals surface area (Å²) in [6.45, 7) is 5.33. The van der Waals surface area contributed by atoms with Gasteiger partial charge in [0.15, 0.2) is 0 Å². The Morgan fingerprint density at radius 1 is 1.41 bits per heavy atom. The molecule has 0 saturated carbocycles. The van der Waals surface area contributed by atoms with E-state index in [1.165, 1.54) is 35.4 Å². The fourth-order valence-electron chi connectivity index (χ4n) is 2.25. The smallest absolute Gasteiger partial charge is 0.0576 e. The first-order chi connectivity index (χ1) is 8.38. The molecule has 3 heteroatoms. The summed E-state index contributed by atoms with van der Waals surface area (Å²) in [5, 5.41) is 3.52. The molecule has 2 nitrogen and oxygen atoms in total. The number of aryl methyl sites for hydroxylation is 1. The van der Waals surface area contributed by atoms with Crippen molar-refractivity contribution < 1.29 is 4.74 Å². The van der Waals surface area contributed by atoms with Gasteiger partial charge in [0.05, 0.1) is 6.10 Å². The van der Waals surface area contributed by atoms with Crippen molar-refractivity contribution in [1.82, 2.24) is 5.32 Å². The Labute approximate surface area is 108 Å². The van der Waals surface area contributed by atoms with Crippen molar-refractivity contribution in [3.05, 3.63) is 21.9 Å². The lowest BCUT2D eigenvalue weighted by Crippen LogP contribution is -2.16. The second-order valence-electron chi connectivity index (χ2n) is 4.68. The Hall–Kier alpha value is -0.380. The highest BCUT2D eigenvalue weighted by molar-refractivity contribution is 7.11. The van der Waals surface area contributed by atoms with E-state index in [1.54, 1.807) is 0 Å². The molecule has 0 spiro atoms. The number of rotatable bonds is 7. The topological polar surface area (TPSA) is 21.3 Å². The predicted molar refractivity (Wildman–Crippen MR) is 73.6 cm³/mol. The molecule has 1 N–H and O–H groups in total. The number of hydrogen-bond donors (Lipinski definition) is 1. The van der Waals surface area contributed by atoms with Gasteiger partial charge in [-0.15, -0.1) is 11.3 Å². The Morgan fingerprint density at radius 2 is 2.29 bits per heavy atom. The SMILES string of the molecule is CCc1ccc(CNCCCC2CCCO2)s1. The van der Waals surface area contributed by atoms with Crippen molar-refractivity contribution >= 4 is 11.3 Å². The molecule has 0 aromatic carbocycles. The predicted octanol–water partition coefficient (Wildman–Crippen LogP) is 3.36. The van der Waals surface area contributed by atoms with Gasteiger partial charge in [-0.3, -0.25) is 0 Å². The largest absolute Gasteiger partial charge is 0.378 e. The van der Waals surface area contributed by atoms with Crippen molar-refractivity contribution in [3.63, 3.8) is 0 Å². The molecule has 1 aliphatic rings. The summed E-state index contributed by atoms with van der Waals surface area (Å²) in [5.41, 5.74) is 0. The van der Waals surface area contributed by atoms with Crippen LogP contribution in [0.4, 0.5) is 0 Å². The van der Waals surface area contributed by atoms with Crippen molar-refractivity contribution in [2.45, 2.75) is 51.7 Å². The second kappa shape index (κ2) is 7.14. The normalized spacial score (nSPS) is 19.9. The minimum atomic E-state index is 0.547. The molecule has 1 fully saturated rings. The molecule has 1 aromatic heterocycles. The number of ether oxygens (including phenoxy) is 1. The molecule has 0 amide bonds. The zero-order chi connectivity index (χ0) is 11.9. The maximum atomic E-state index is 5.61. The summed E-state index contributed by atoms with van der Waals surface area (Å²) >= 11 is 1.93. The van der Waals surface area contributed by atoms with E-state index in [1.807, 2.05) is 11.3 Å². The maximum Gasteiger partial charge on any atom is 0.0576 e. The van der Waals surface area contributed by atoms with E-state index in [4.69, 9.17) is 4.74 Å². The highest BCUT2D eigenvalue weighted by atomic mass is 32.1. The number of thiophene rings is 1. The molecule has 2 rings (SSSR count). The first-order valence-electron chi connectivity index (χ1n) is 6.78. The molecule has 0 radical (unpaired) electrons. The lowest BCUT2D eigenvalue weighted by molar-refractivity contribution is 0.102. The minimum absolute atomic E-state index is 0.547. The highest BCUT2D eigenvalue weighted by Crippen LogP contribution is 2.17. The van der Waals surface area contributed by atoms with Gasteiger partial charge in [0, 0.05) is 22.9 Å². The third-order valence-electron chi connectivity index (χ3n) is 3.27. The molecule has 0 bridgehead atoms. The molecule has 1 aliphatic heterocycles. The number of nitrogens with one attached hydrogen (secondary N) is 1. The Morgan fingerprint density at radius 3 is 3.00 bits per heavy atom. The second-order valence-corrected chi connectivity index (χ2v) is 5.93. The fourth-order valence-corrected chi connectivity index (χ4v) is 3.17. The van der Waals surface area contributed by atoms with Crippen LogP contribution in [-0.4, -0.2) is 19.3 Å². The molecule has 1 aromatic rings. The van der Waals surface area contributed by atoms with Gasteiger partial charge in [-0.1, -0.05) is 6.92 Å². The van der Waals surface area contributed by atoms with Gasteiger partial charge in [0.2, 0.25) is 0 Å². The summed E-state index contributed by atoms with van der Waals surface area (Å²) < 4.78 is 5.61. The zero-order valence-corrected chi connectivity index (χ0v) is 11.5. The Kier molecular flexibility index (Phi) is 5.49. The van der Waals surface area contributed by atoms with Crippen LogP contribution in [0.3, 0.4) is 0 Å². The van der Waals surface area contributed by atoms with Gasteiger partial charge in [-0.05, 0) is 50.8 Å². The summed E-state index contributed by atoms with van der Waals surface area (Å²) in [6.07, 6.45) is 6.68. The molecule has 1 unspecified atom stereocenters. The average molecular weight is 253 g/mol. The zero-order valence-electron chi connectivity index (χ0n) is 10.7. The van der Waals surface area contributed by atoms with Crippen molar-refractivity contribution in [2.24, 2.45) is 0 Å². The Balaban J connectivity index is 1.53. The summed E-state index contributed by atoms with van der Waals surface area (Å²) in [7, 11) is 0. The molecule has 1 atom stereocenters. The summed E-state index contributed by atoms with van der Waals surface area (Å²) in [6, 6.07) is 4.49. The monoisotopic (exact) mass is 253 g/mol. The fraction of sp³-hybridized carbons (Fsp3) is 0.714. The lowest BCUT2D eigenvalue weighted by atomic mass is 10.1. The van der Waals surface area contributed by atoms with E-state index in [2.05, 4.69) is 24.4 Å². The van der Waals surface area contributed by atoms with Crippen LogP contribution in [0.2, 0.25) is 0 Å². The van der Waals surface area contributed by atoms with Crippen LogP contribution in [-0.2, 0) is 17.7 Å². The molecule has 1 saturated heterocycles. The van der Waals surface area contributed by atoms with Gasteiger partial charge in [0.25, 0.3) is 0 Å². The molecule has 96 valence electrons. The quantitative estimate of drug-likeness (QED) is 0.752. The van der Waals surface area contributed by atoms with Crippen LogP contribution in [0.15, 0.2) is 12.1 Å². The van der Waals surface area contributed by atoms with Crippen molar-refractivity contribution in [2.75, 3.05) is 13.2 Å². The summed E-state index contributed by atoms with van der Waals surface area (Å²) in [5.74, 6) is 0. The minimum Gasteiger partial charge on any atom is -0.378 e. The first kappa shape index (κ1) is 13.1. The maximum absolute atomic E-state index is 5.61. The van der Waals surface area contributed by atoms with Crippen molar-refractivity contribution in [3.8, 4) is 0 Å². The lowest BCUT2D eigenvalue weighted by Gasteiger charge is -2.08. The highest BCUT2D eigenvalue weighted by Gasteiger charge is 2.14. The van der Waals surface area contributed by atoms with E-state index in [9.17, 15) is 0 Å². The third-order valence-corrected chi connectivity index (χ3v) is 4.50. The molecule has 17 heavy (non-hydrogen) atoms. The summed E-state index contributed by atoms with van der Waals surface area (Å²) in [4.78, 5) is 2.94. The van der Waals surface area contributed by atoms with E-state index < -0.39 is 0 Å². The van der Waals surface area contributed by atoms with Crippen LogP contribution in [0.1, 0.15) is 42.4 Å².